The zero-order valence-electron chi connectivity index (χ0n) is 17.5. The van der Waals surface area contributed by atoms with Crippen LogP contribution in [0.5, 0.6) is 11.5 Å². The normalized spacial score (nSPS) is 10.2. The van der Waals surface area contributed by atoms with Gasteiger partial charge in [-0.3, -0.25) is 9.59 Å². The minimum Gasteiger partial charge on any atom is -0.490 e. The second kappa shape index (κ2) is 11.4. The Labute approximate surface area is 182 Å². The number of nitrogens with one attached hydrogen (secondary N) is 2. The Morgan fingerprint density at radius 2 is 1.39 bits per heavy atom. The molecule has 0 aliphatic carbocycles. The molecule has 0 aromatic heterocycles. The van der Waals surface area contributed by atoms with E-state index >= 15 is 0 Å². The highest BCUT2D eigenvalue weighted by Gasteiger charge is 2.16. The highest BCUT2D eigenvalue weighted by Crippen LogP contribution is 2.22. The largest absolute Gasteiger partial charge is 0.490 e. The van der Waals surface area contributed by atoms with Crippen LogP contribution in [0.15, 0.2) is 78.9 Å². The summed E-state index contributed by atoms with van der Waals surface area (Å²) < 4.78 is 11.4. The van der Waals surface area contributed by atoms with Gasteiger partial charge in [-0.2, -0.15) is 0 Å². The van der Waals surface area contributed by atoms with Crippen molar-refractivity contribution in [2.45, 2.75) is 13.3 Å². The van der Waals surface area contributed by atoms with Gasteiger partial charge in [0.05, 0.1) is 16.8 Å². The second-order valence-corrected chi connectivity index (χ2v) is 6.76. The van der Waals surface area contributed by atoms with Crippen LogP contribution in [-0.4, -0.2) is 31.6 Å². The average Bonchev–Trinajstić information content (AvgIpc) is 2.81. The lowest BCUT2D eigenvalue weighted by molar-refractivity contribution is 0.0954. The first-order valence-corrected chi connectivity index (χ1v) is 10.3. The van der Waals surface area contributed by atoms with Crippen LogP contribution in [0.3, 0.4) is 0 Å². The Bertz CT molecular complexity index is 1010. The number of carbonyl (C=O) groups excluding carboxylic acids is 2. The first kappa shape index (κ1) is 21.9. The van der Waals surface area contributed by atoms with E-state index in [-0.39, 0.29) is 18.4 Å². The molecule has 0 saturated heterocycles. The van der Waals surface area contributed by atoms with E-state index in [1.165, 1.54) is 0 Å². The molecule has 0 bridgehead atoms. The Morgan fingerprint density at radius 1 is 0.742 bits per heavy atom. The van der Waals surface area contributed by atoms with E-state index in [9.17, 15) is 9.59 Å². The molecule has 160 valence electrons. The predicted octanol–water partition coefficient (Wildman–Crippen LogP) is 4.54. The minimum absolute atomic E-state index is 0.222. The summed E-state index contributed by atoms with van der Waals surface area (Å²) in [5.41, 5.74) is 1.24. The minimum atomic E-state index is -0.352. The van der Waals surface area contributed by atoms with Crippen molar-refractivity contribution in [2.24, 2.45) is 0 Å². The number of ether oxygens (including phenoxy) is 2. The van der Waals surface area contributed by atoms with Crippen molar-refractivity contribution >= 4 is 17.5 Å². The van der Waals surface area contributed by atoms with Crippen LogP contribution in [-0.2, 0) is 0 Å². The zero-order chi connectivity index (χ0) is 21.9. The van der Waals surface area contributed by atoms with Gasteiger partial charge < -0.3 is 20.1 Å². The molecule has 0 atom stereocenters. The molecule has 3 rings (SSSR count). The van der Waals surface area contributed by atoms with Gasteiger partial charge in [-0.05, 0) is 42.8 Å². The van der Waals surface area contributed by atoms with E-state index in [4.69, 9.17) is 9.47 Å². The molecule has 0 fully saturated rings. The van der Waals surface area contributed by atoms with Gasteiger partial charge in [0.2, 0.25) is 0 Å². The molecule has 31 heavy (non-hydrogen) atoms. The molecule has 2 N–H and O–H groups in total. The predicted molar refractivity (Wildman–Crippen MR) is 121 cm³/mol. The van der Waals surface area contributed by atoms with E-state index < -0.39 is 0 Å². The van der Waals surface area contributed by atoms with E-state index in [1.54, 1.807) is 48.5 Å². The number of amides is 2. The molecule has 3 aromatic rings. The smallest absolute Gasteiger partial charge is 0.259 e. The Balaban J connectivity index is 1.64. The molecule has 0 aliphatic heterocycles. The highest BCUT2D eigenvalue weighted by molar-refractivity contribution is 6.10. The number of para-hydroxylation sites is 3. The quantitative estimate of drug-likeness (QED) is 0.474. The summed E-state index contributed by atoms with van der Waals surface area (Å²) >= 11 is 0. The lowest BCUT2D eigenvalue weighted by Gasteiger charge is -2.14. The molecule has 0 saturated carbocycles. The lowest BCUT2D eigenvalue weighted by atomic mass is 10.1. The van der Waals surface area contributed by atoms with Crippen molar-refractivity contribution < 1.29 is 19.1 Å². The van der Waals surface area contributed by atoms with Gasteiger partial charge in [0.15, 0.2) is 0 Å². The van der Waals surface area contributed by atoms with E-state index in [0.29, 0.717) is 35.7 Å². The van der Waals surface area contributed by atoms with Crippen molar-refractivity contribution in [3.8, 4) is 11.5 Å². The molecule has 0 spiro atoms. The standard InChI is InChI=1S/C25H26N2O4/c1-2-16-26-24(28)20-12-6-8-14-22(20)27-25(29)21-13-7-9-15-23(21)31-18-17-30-19-10-4-3-5-11-19/h3-15H,2,16-18H2,1H3,(H,26,28)(H,27,29). The summed E-state index contributed by atoms with van der Waals surface area (Å²) in [5.74, 6) is 0.635. The molecular formula is C25H26N2O4. The molecular weight excluding hydrogens is 392 g/mol. The van der Waals surface area contributed by atoms with Gasteiger partial charge in [-0.1, -0.05) is 49.4 Å². The van der Waals surface area contributed by atoms with E-state index in [0.717, 1.165) is 12.2 Å². The number of rotatable bonds is 10. The van der Waals surface area contributed by atoms with Gasteiger partial charge in [0, 0.05) is 6.54 Å². The van der Waals surface area contributed by atoms with Gasteiger partial charge in [0.1, 0.15) is 24.7 Å². The summed E-state index contributed by atoms with van der Waals surface area (Å²) in [5, 5.41) is 5.66. The molecule has 3 aromatic carbocycles. The van der Waals surface area contributed by atoms with Gasteiger partial charge in [0.25, 0.3) is 11.8 Å². The van der Waals surface area contributed by atoms with Crippen molar-refractivity contribution in [3.05, 3.63) is 90.0 Å². The Kier molecular flexibility index (Phi) is 8.05. The fourth-order valence-electron chi connectivity index (χ4n) is 2.92. The van der Waals surface area contributed by atoms with Gasteiger partial charge >= 0.3 is 0 Å². The lowest BCUT2D eigenvalue weighted by Crippen LogP contribution is -2.26. The molecule has 0 unspecified atom stereocenters. The third-order valence-electron chi connectivity index (χ3n) is 4.44. The van der Waals surface area contributed by atoms with Gasteiger partial charge in [-0.15, -0.1) is 0 Å². The number of carbonyl (C=O) groups is 2. The first-order valence-electron chi connectivity index (χ1n) is 10.3. The van der Waals surface area contributed by atoms with Crippen molar-refractivity contribution in [1.82, 2.24) is 5.32 Å². The summed E-state index contributed by atoms with van der Waals surface area (Å²) in [6.45, 7) is 3.19. The van der Waals surface area contributed by atoms with E-state index in [2.05, 4.69) is 10.6 Å². The Morgan fingerprint density at radius 3 is 2.16 bits per heavy atom. The molecule has 2 amide bonds. The van der Waals surface area contributed by atoms with Crippen LogP contribution >= 0.6 is 0 Å². The highest BCUT2D eigenvalue weighted by atomic mass is 16.5. The second-order valence-electron chi connectivity index (χ2n) is 6.76. The maximum Gasteiger partial charge on any atom is 0.259 e. The number of hydrogen-bond donors (Lipinski definition) is 2. The summed E-state index contributed by atoms with van der Waals surface area (Å²) in [4.78, 5) is 25.3. The van der Waals surface area contributed by atoms with Crippen LogP contribution in [0.4, 0.5) is 5.69 Å². The summed E-state index contributed by atoms with van der Waals surface area (Å²) in [7, 11) is 0. The molecule has 6 heteroatoms. The Hall–Kier alpha value is -3.80. The molecule has 6 nitrogen and oxygen atoms in total. The van der Waals surface area contributed by atoms with Crippen LogP contribution < -0.4 is 20.1 Å². The van der Waals surface area contributed by atoms with Crippen molar-refractivity contribution in [1.29, 1.82) is 0 Å². The maximum absolute atomic E-state index is 12.9. The van der Waals surface area contributed by atoms with Crippen molar-refractivity contribution in [2.75, 3.05) is 25.1 Å². The SMILES string of the molecule is CCCNC(=O)c1ccccc1NC(=O)c1ccccc1OCCOc1ccccc1. The van der Waals surface area contributed by atoms with Crippen LogP contribution in [0, 0.1) is 0 Å². The third-order valence-corrected chi connectivity index (χ3v) is 4.44. The number of hydrogen-bond acceptors (Lipinski definition) is 4. The zero-order valence-corrected chi connectivity index (χ0v) is 17.5. The molecule has 0 heterocycles. The van der Waals surface area contributed by atoms with Gasteiger partial charge in [-0.25, -0.2) is 0 Å². The fourth-order valence-corrected chi connectivity index (χ4v) is 2.92. The third kappa shape index (κ3) is 6.34. The number of benzene rings is 3. The van der Waals surface area contributed by atoms with Crippen LogP contribution in [0.25, 0.3) is 0 Å². The average molecular weight is 418 g/mol. The topological polar surface area (TPSA) is 76.7 Å². The first-order chi connectivity index (χ1) is 15.2. The molecule has 0 radical (unpaired) electrons. The monoisotopic (exact) mass is 418 g/mol. The summed E-state index contributed by atoms with van der Waals surface area (Å²) in [6.07, 6.45) is 0.832. The summed E-state index contributed by atoms with van der Waals surface area (Å²) in [6, 6.07) is 23.4. The van der Waals surface area contributed by atoms with Crippen LogP contribution in [0.1, 0.15) is 34.1 Å². The maximum atomic E-state index is 12.9. The number of anilines is 1. The van der Waals surface area contributed by atoms with Crippen LogP contribution in [0.2, 0.25) is 0 Å². The van der Waals surface area contributed by atoms with E-state index in [1.807, 2.05) is 37.3 Å². The van der Waals surface area contributed by atoms with Crippen molar-refractivity contribution in [3.63, 3.8) is 0 Å². The fraction of sp³-hybridized carbons (Fsp3) is 0.200. The molecule has 0 aliphatic rings.